The van der Waals surface area contributed by atoms with Crippen LogP contribution in [0.3, 0.4) is 0 Å². The molecule has 82 valence electrons. The summed E-state index contributed by atoms with van der Waals surface area (Å²) in [6.07, 6.45) is 0. The largest absolute Gasteiger partial charge is 0.492 e. The van der Waals surface area contributed by atoms with Crippen molar-refractivity contribution in [1.29, 1.82) is 0 Å². The van der Waals surface area contributed by atoms with Crippen molar-refractivity contribution in [1.82, 2.24) is 0 Å². The maximum absolute atomic E-state index is 12.7. The molecule has 0 amide bonds. The highest BCUT2D eigenvalue weighted by Gasteiger charge is 2.08. The second-order valence-electron chi connectivity index (χ2n) is 3.19. The van der Waals surface area contributed by atoms with Crippen LogP contribution < -0.4 is 10.5 Å². The maximum Gasteiger partial charge on any atom is 0.133 e. The van der Waals surface area contributed by atoms with Gasteiger partial charge in [0.25, 0.3) is 0 Å². The molecule has 0 saturated carbocycles. The van der Waals surface area contributed by atoms with E-state index in [0.29, 0.717) is 21.8 Å². The van der Waals surface area contributed by atoms with E-state index in [9.17, 15) is 4.39 Å². The van der Waals surface area contributed by atoms with Crippen molar-refractivity contribution in [2.75, 3.05) is 6.61 Å². The molecule has 1 unspecified atom stereocenters. The molecule has 0 saturated heterocycles. The van der Waals surface area contributed by atoms with Gasteiger partial charge in [-0.1, -0.05) is 19.1 Å². The quantitative estimate of drug-likeness (QED) is 0.867. The van der Waals surface area contributed by atoms with Crippen LogP contribution in [0.5, 0.6) is 5.75 Å². The lowest BCUT2D eigenvalue weighted by molar-refractivity contribution is 0.291. The van der Waals surface area contributed by atoms with E-state index < -0.39 is 0 Å². The summed E-state index contributed by atoms with van der Waals surface area (Å²) in [5, 5.41) is 0. The topological polar surface area (TPSA) is 35.2 Å². The highest BCUT2D eigenvalue weighted by Crippen LogP contribution is 2.25. The van der Waals surface area contributed by atoms with E-state index in [1.807, 2.05) is 6.92 Å². The minimum Gasteiger partial charge on any atom is -0.492 e. The predicted octanol–water partition coefficient (Wildman–Crippen LogP) is 2.89. The normalized spacial score (nSPS) is 12.2. The number of nitrogens with two attached hydrogens (primary N) is 1. The molecule has 1 aromatic rings. The molecule has 0 heterocycles. The highest BCUT2D eigenvalue weighted by molar-refractivity contribution is 9.10. The van der Waals surface area contributed by atoms with Crippen molar-refractivity contribution in [2.24, 2.45) is 11.7 Å². The summed E-state index contributed by atoms with van der Waals surface area (Å²) >= 11 is 8.02. The van der Waals surface area contributed by atoms with Crippen LogP contribution in [0.25, 0.3) is 0 Å². The molecule has 0 aromatic heterocycles. The summed E-state index contributed by atoms with van der Waals surface area (Å²) in [6.45, 7) is 2.26. The van der Waals surface area contributed by atoms with E-state index in [-0.39, 0.29) is 11.7 Å². The van der Waals surface area contributed by atoms with Crippen molar-refractivity contribution in [2.45, 2.75) is 6.92 Å². The number of thiocarbonyl (C=S) groups is 1. The number of rotatable bonds is 4. The van der Waals surface area contributed by atoms with Crippen molar-refractivity contribution in [3.63, 3.8) is 0 Å². The summed E-state index contributed by atoms with van der Waals surface area (Å²) < 4.78 is 18.8. The predicted molar refractivity (Wildman–Crippen MR) is 65.5 cm³/mol. The third-order valence-corrected chi connectivity index (χ3v) is 2.89. The highest BCUT2D eigenvalue weighted by atomic mass is 79.9. The molecule has 0 fully saturated rings. The van der Waals surface area contributed by atoms with Gasteiger partial charge in [0.05, 0.1) is 16.1 Å². The fourth-order valence-corrected chi connectivity index (χ4v) is 1.42. The minimum absolute atomic E-state index is 0.00282. The van der Waals surface area contributed by atoms with Crippen LogP contribution in [0.15, 0.2) is 22.7 Å². The molecule has 1 rings (SSSR count). The van der Waals surface area contributed by atoms with Gasteiger partial charge < -0.3 is 10.5 Å². The van der Waals surface area contributed by atoms with E-state index in [1.54, 1.807) is 6.07 Å². The zero-order chi connectivity index (χ0) is 11.4. The Labute approximate surface area is 102 Å². The van der Waals surface area contributed by atoms with E-state index in [2.05, 4.69) is 15.9 Å². The van der Waals surface area contributed by atoms with Crippen molar-refractivity contribution >= 4 is 33.1 Å². The van der Waals surface area contributed by atoms with Gasteiger partial charge in [-0.3, -0.25) is 0 Å². The van der Waals surface area contributed by atoms with Gasteiger partial charge >= 0.3 is 0 Å². The van der Waals surface area contributed by atoms with Crippen LogP contribution >= 0.6 is 28.1 Å². The van der Waals surface area contributed by atoms with Crippen LogP contribution in [0.2, 0.25) is 0 Å². The summed E-state index contributed by atoms with van der Waals surface area (Å²) in [7, 11) is 0. The van der Waals surface area contributed by atoms with Crippen LogP contribution in [0.1, 0.15) is 6.92 Å². The van der Waals surface area contributed by atoms with Gasteiger partial charge in [-0.25, -0.2) is 4.39 Å². The monoisotopic (exact) mass is 291 g/mol. The second-order valence-corrected chi connectivity index (χ2v) is 4.51. The number of benzene rings is 1. The van der Waals surface area contributed by atoms with Crippen LogP contribution in [0, 0.1) is 11.7 Å². The Morgan fingerprint density at radius 3 is 2.87 bits per heavy atom. The lowest BCUT2D eigenvalue weighted by Crippen LogP contribution is -2.24. The Morgan fingerprint density at radius 1 is 1.67 bits per heavy atom. The van der Waals surface area contributed by atoms with Crippen LogP contribution in [-0.2, 0) is 0 Å². The van der Waals surface area contributed by atoms with Crippen molar-refractivity contribution in [3.05, 3.63) is 28.5 Å². The lowest BCUT2D eigenvalue weighted by atomic mass is 10.2. The fourth-order valence-electron chi connectivity index (χ4n) is 0.889. The first-order valence-electron chi connectivity index (χ1n) is 4.38. The minimum atomic E-state index is -0.309. The first-order valence-corrected chi connectivity index (χ1v) is 5.58. The third-order valence-electron chi connectivity index (χ3n) is 1.87. The molecule has 2 N–H and O–H groups in total. The number of ether oxygens (including phenoxy) is 1. The van der Waals surface area contributed by atoms with E-state index in [1.165, 1.54) is 12.1 Å². The maximum atomic E-state index is 12.7. The number of hydrogen-bond acceptors (Lipinski definition) is 2. The molecule has 0 aliphatic carbocycles. The second kappa shape index (κ2) is 5.42. The van der Waals surface area contributed by atoms with Gasteiger partial charge in [-0.2, -0.15) is 0 Å². The van der Waals surface area contributed by atoms with Gasteiger partial charge in [0.15, 0.2) is 0 Å². The average Bonchev–Trinajstić information content (AvgIpc) is 2.15. The molecule has 1 atom stereocenters. The van der Waals surface area contributed by atoms with E-state index in [0.717, 1.165) is 0 Å². The molecule has 0 aliphatic rings. The Bertz CT molecular complexity index is 372. The first kappa shape index (κ1) is 12.4. The zero-order valence-electron chi connectivity index (χ0n) is 8.17. The molecule has 0 bridgehead atoms. The van der Waals surface area contributed by atoms with Crippen LogP contribution in [0.4, 0.5) is 4.39 Å². The smallest absolute Gasteiger partial charge is 0.133 e. The number of hydrogen-bond donors (Lipinski definition) is 1. The molecular weight excluding hydrogens is 281 g/mol. The van der Waals surface area contributed by atoms with Gasteiger partial charge in [-0.15, -0.1) is 0 Å². The summed E-state index contributed by atoms with van der Waals surface area (Å²) in [5.41, 5.74) is 5.44. The van der Waals surface area contributed by atoms with Crippen molar-refractivity contribution < 1.29 is 9.13 Å². The molecule has 0 spiro atoms. The van der Waals surface area contributed by atoms with Gasteiger partial charge in [0.2, 0.25) is 0 Å². The third kappa shape index (κ3) is 3.76. The molecule has 5 heteroatoms. The molecule has 1 aromatic carbocycles. The number of halogens is 2. The molecular formula is C10H11BrFNOS. The van der Waals surface area contributed by atoms with Crippen molar-refractivity contribution in [3.8, 4) is 5.75 Å². The van der Waals surface area contributed by atoms with Gasteiger partial charge in [0.1, 0.15) is 11.6 Å². The first-order chi connectivity index (χ1) is 7.00. The molecule has 15 heavy (non-hydrogen) atoms. The summed E-state index contributed by atoms with van der Waals surface area (Å²) in [5.74, 6) is 0.271. The van der Waals surface area contributed by atoms with Gasteiger partial charge in [0, 0.05) is 5.92 Å². The Balaban J connectivity index is 2.62. The summed E-state index contributed by atoms with van der Waals surface area (Å²) in [6, 6.07) is 4.25. The Morgan fingerprint density at radius 2 is 2.33 bits per heavy atom. The van der Waals surface area contributed by atoms with E-state index in [4.69, 9.17) is 22.7 Å². The average molecular weight is 292 g/mol. The SMILES string of the molecule is CC(COc1ccc(F)cc1Br)C(N)=S. The molecule has 0 radical (unpaired) electrons. The van der Waals surface area contributed by atoms with Gasteiger partial charge in [-0.05, 0) is 34.1 Å². The fraction of sp³-hybridized carbons (Fsp3) is 0.300. The Hall–Kier alpha value is -0.680. The Kier molecular flexibility index (Phi) is 4.47. The zero-order valence-corrected chi connectivity index (χ0v) is 10.6. The molecule has 0 aliphatic heterocycles. The van der Waals surface area contributed by atoms with Crippen LogP contribution in [-0.4, -0.2) is 11.6 Å². The summed E-state index contributed by atoms with van der Waals surface area (Å²) in [4.78, 5) is 0.410. The lowest BCUT2D eigenvalue weighted by Gasteiger charge is -2.12. The standard InChI is InChI=1S/C10H11BrFNOS/c1-6(10(13)15)5-14-9-3-2-7(12)4-8(9)11/h2-4,6H,5H2,1H3,(H2,13,15). The van der Waals surface area contributed by atoms with E-state index >= 15 is 0 Å². The molecule has 2 nitrogen and oxygen atoms in total.